The number of hydrogen-bond acceptors (Lipinski definition) is 6. The van der Waals surface area contributed by atoms with E-state index in [4.69, 9.17) is 10.5 Å². The van der Waals surface area contributed by atoms with E-state index in [2.05, 4.69) is 4.72 Å². The molecule has 0 saturated carbocycles. The first-order chi connectivity index (χ1) is 9.42. The van der Waals surface area contributed by atoms with Gasteiger partial charge in [-0.2, -0.15) is 0 Å². The molecule has 0 bridgehead atoms. The van der Waals surface area contributed by atoms with E-state index in [1.54, 1.807) is 0 Å². The van der Waals surface area contributed by atoms with Gasteiger partial charge in [0.05, 0.1) is 11.5 Å². The van der Waals surface area contributed by atoms with E-state index in [9.17, 15) is 18.5 Å². The normalized spacial score (nSPS) is 19.7. The van der Waals surface area contributed by atoms with Gasteiger partial charge in [-0.05, 0) is 25.0 Å². The second-order valence-corrected chi connectivity index (χ2v) is 6.17. The van der Waals surface area contributed by atoms with Crippen LogP contribution in [0.25, 0.3) is 0 Å². The fourth-order valence-electron chi connectivity index (χ4n) is 2.07. The van der Waals surface area contributed by atoms with Crippen LogP contribution in [0.5, 0.6) is 0 Å². The number of nitrogens with two attached hydrogens (primary N) is 1. The highest BCUT2D eigenvalue weighted by Crippen LogP contribution is 2.29. The largest absolute Gasteiger partial charge is 0.393 e. The summed E-state index contributed by atoms with van der Waals surface area (Å²) in [4.78, 5) is 9.78. The third kappa shape index (κ3) is 3.06. The van der Waals surface area contributed by atoms with Crippen molar-refractivity contribution in [2.75, 3.05) is 18.9 Å². The number of nitro groups is 1. The number of anilines is 1. The molecule has 2 rings (SSSR count). The quantitative estimate of drug-likeness (QED) is 0.477. The summed E-state index contributed by atoms with van der Waals surface area (Å²) in [6, 6.07) is 3.45. The summed E-state index contributed by atoms with van der Waals surface area (Å²) in [7, 11) is -4.01. The van der Waals surface area contributed by atoms with Gasteiger partial charge in [0.1, 0.15) is 5.69 Å². The Morgan fingerprint density at radius 2 is 2.20 bits per heavy atom. The fourth-order valence-corrected chi connectivity index (χ4v) is 3.52. The Bertz CT molecular complexity index is 610. The first-order valence-corrected chi connectivity index (χ1v) is 7.53. The maximum atomic E-state index is 12.3. The molecule has 1 fully saturated rings. The third-order valence-corrected chi connectivity index (χ3v) is 4.54. The van der Waals surface area contributed by atoms with Crippen molar-refractivity contribution in [3.8, 4) is 0 Å². The molecule has 110 valence electrons. The minimum absolute atomic E-state index is 0.183. The van der Waals surface area contributed by atoms with E-state index in [-0.39, 0.29) is 18.3 Å². The van der Waals surface area contributed by atoms with Crippen LogP contribution in [0.2, 0.25) is 0 Å². The number of hydrogen-bond donors (Lipinski definition) is 2. The highest BCUT2D eigenvalue weighted by atomic mass is 32.2. The van der Waals surface area contributed by atoms with Crippen LogP contribution in [0.4, 0.5) is 11.4 Å². The molecule has 8 nitrogen and oxygen atoms in total. The molecular formula is C11H15N3O5S. The number of ether oxygens (including phenoxy) is 1. The molecule has 3 N–H and O–H groups in total. The summed E-state index contributed by atoms with van der Waals surface area (Å²) in [5.41, 5.74) is 4.71. The van der Waals surface area contributed by atoms with E-state index in [1.165, 1.54) is 18.2 Å². The molecular weight excluding hydrogens is 286 g/mol. The SMILES string of the molecule is Nc1cccc(S(=O)(=O)NC2CCCOC2)c1[N+](=O)[O-]. The Labute approximate surface area is 116 Å². The molecule has 0 aromatic heterocycles. The maximum absolute atomic E-state index is 12.3. The van der Waals surface area contributed by atoms with Crippen LogP contribution < -0.4 is 10.5 Å². The van der Waals surface area contributed by atoms with E-state index in [0.29, 0.717) is 13.0 Å². The molecule has 1 aromatic carbocycles. The van der Waals surface area contributed by atoms with Gasteiger partial charge in [-0.1, -0.05) is 6.07 Å². The average molecular weight is 301 g/mol. The highest BCUT2D eigenvalue weighted by Gasteiger charge is 2.30. The molecule has 1 saturated heterocycles. The van der Waals surface area contributed by atoms with Crippen molar-refractivity contribution in [2.24, 2.45) is 0 Å². The number of rotatable bonds is 4. The summed E-state index contributed by atoms with van der Waals surface area (Å²) >= 11 is 0. The fraction of sp³-hybridized carbons (Fsp3) is 0.455. The van der Waals surface area contributed by atoms with Crippen LogP contribution in [-0.2, 0) is 14.8 Å². The lowest BCUT2D eigenvalue weighted by molar-refractivity contribution is -0.386. The minimum Gasteiger partial charge on any atom is -0.393 e. The molecule has 1 heterocycles. The monoisotopic (exact) mass is 301 g/mol. The van der Waals surface area contributed by atoms with E-state index in [1.807, 2.05) is 0 Å². The summed E-state index contributed by atoms with van der Waals surface area (Å²) in [5.74, 6) is 0. The van der Waals surface area contributed by atoms with E-state index in [0.717, 1.165) is 6.42 Å². The number of sulfonamides is 1. The highest BCUT2D eigenvalue weighted by molar-refractivity contribution is 7.89. The molecule has 1 aliphatic heterocycles. The predicted octanol–water partition coefficient (Wildman–Crippen LogP) is 0.634. The smallest absolute Gasteiger partial charge is 0.312 e. The Hall–Kier alpha value is -1.71. The van der Waals surface area contributed by atoms with Crippen molar-refractivity contribution in [1.82, 2.24) is 4.72 Å². The van der Waals surface area contributed by atoms with Gasteiger partial charge in [0.15, 0.2) is 4.90 Å². The first-order valence-electron chi connectivity index (χ1n) is 6.05. The van der Waals surface area contributed by atoms with Crippen molar-refractivity contribution in [1.29, 1.82) is 0 Å². The Balaban J connectivity index is 2.34. The zero-order valence-corrected chi connectivity index (χ0v) is 11.4. The Kier molecular flexibility index (Phi) is 4.21. The van der Waals surface area contributed by atoms with Crippen LogP contribution in [0, 0.1) is 10.1 Å². The molecule has 0 amide bonds. The van der Waals surface area contributed by atoms with Crippen LogP contribution in [0.1, 0.15) is 12.8 Å². The summed E-state index contributed by atoms with van der Waals surface area (Å²) in [6.07, 6.45) is 1.38. The number of nitrogen functional groups attached to an aromatic ring is 1. The number of para-hydroxylation sites is 1. The molecule has 0 spiro atoms. The molecule has 1 atom stereocenters. The number of nitrogens with one attached hydrogen (secondary N) is 1. The molecule has 0 radical (unpaired) electrons. The molecule has 1 unspecified atom stereocenters. The predicted molar refractivity (Wildman–Crippen MR) is 71.7 cm³/mol. The van der Waals surface area contributed by atoms with Gasteiger partial charge in [-0.3, -0.25) is 10.1 Å². The Morgan fingerprint density at radius 1 is 1.45 bits per heavy atom. The van der Waals surface area contributed by atoms with Crippen molar-refractivity contribution in [2.45, 2.75) is 23.8 Å². The van der Waals surface area contributed by atoms with Crippen LogP contribution in [0.15, 0.2) is 23.1 Å². The van der Waals surface area contributed by atoms with Crippen molar-refractivity contribution in [3.05, 3.63) is 28.3 Å². The topological polar surface area (TPSA) is 125 Å². The van der Waals surface area contributed by atoms with Gasteiger partial charge < -0.3 is 10.5 Å². The van der Waals surface area contributed by atoms with Crippen molar-refractivity contribution >= 4 is 21.4 Å². The third-order valence-electron chi connectivity index (χ3n) is 2.98. The summed E-state index contributed by atoms with van der Waals surface area (Å²) < 4.78 is 32.1. The van der Waals surface area contributed by atoms with Gasteiger partial charge in [-0.15, -0.1) is 0 Å². The molecule has 0 aliphatic carbocycles. The molecule has 1 aromatic rings. The van der Waals surface area contributed by atoms with Crippen molar-refractivity contribution in [3.63, 3.8) is 0 Å². The maximum Gasteiger partial charge on any atom is 0.312 e. The number of benzene rings is 1. The average Bonchev–Trinajstić information content (AvgIpc) is 2.38. The zero-order valence-electron chi connectivity index (χ0n) is 10.6. The minimum atomic E-state index is -4.01. The second kappa shape index (κ2) is 5.73. The van der Waals surface area contributed by atoms with Gasteiger partial charge in [0, 0.05) is 12.6 Å². The first kappa shape index (κ1) is 14.7. The van der Waals surface area contributed by atoms with Gasteiger partial charge in [0.25, 0.3) is 0 Å². The second-order valence-electron chi connectivity index (χ2n) is 4.49. The lowest BCUT2D eigenvalue weighted by Crippen LogP contribution is -2.40. The molecule has 1 aliphatic rings. The van der Waals surface area contributed by atoms with Gasteiger partial charge >= 0.3 is 5.69 Å². The van der Waals surface area contributed by atoms with E-state index < -0.39 is 25.5 Å². The molecule has 20 heavy (non-hydrogen) atoms. The van der Waals surface area contributed by atoms with Crippen LogP contribution in [-0.4, -0.2) is 32.6 Å². The Morgan fingerprint density at radius 3 is 2.80 bits per heavy atom. The van der Waals surface area contributed by atoms with Gasteiger partial charge in [-0.25, -0.2) is 13.1 Å². The molecule has 9 heteroatoms. The summed E-state index contributed by atoms with van der Waals surface area (Å²) in [5, 5.41) is 11.0. The van der Waals surface area contributed by atoms with Crippen LogP contribution in [0.3, 0.4) is 0 Å². The van der Waals surface area contributed by atoms with Crippen LogP contribution >= 0.6 is 0 Å². The zero-order chi connectivity index (χ0) is 14.8. The summed E-state index contributed by atoms with van der Waals surface area (Å²) in [6.45, 7) is 0.853. The lowest BCUT2D eigenvalue weighted by atomic mass is 10.1. The standard InChI is InChI=1S/C11H15N3O5S/c12-9-4-1-5-10(11(9)14(15)16)20(17,18)13-8-3-2-6-19-7-8/h1,4-5,8,13H,2-3,6-7,12H2. The van der Waals surface area contributed by atoms with Crippen molar-refractivity contribution < 1.29 is 18.1 Å². The lowest BCUT2D eigenvalue weighted by Gasteiger charge is -2.22. The number of nitrogens with zero attached hydrogens (tertiary/aromatic N) is 1. The van der Waals surface area contributed by atoms with E-state index >= 15 is 0 Å². The van der Waals surface area contributed by atoms with Gasteiger partial charge in [0.2, 0.25) is 10.0 Å². The number of nitro benzene ring substituents is 1.